The summed E-state index contributed by atoms with van der Waals surface area (Å²) in [5.74, 6) is 0.163. The summed E-state index contributed by atoms with van der Waals surface area (Å²) in [5, 5.41) is 9.31. The van der Waals surface area contributed by atoms with E-state index in [1.54, 1.807) is 4.90 Å². The molecule has 2 rings (SSSR count). The molecular formula is C14H23NO3. The van der Waals surface area contributed by atoms with Crippen molar-refractivity contribution < 1.29 is 14.7 Å². The van der Waals surface area contributed by atoms with Gasteiger partial charge in [-0.25, -0.2) is 4.79 Å². The molecule has 1 amide bonds. The highest BCUT2D eigenvalue weighted by Crippen LogP contribution is 2.38. The highest BCUT2D eigenvalue weighted by atomic mass is 16.4. The quantitative estimate of drug-likeness (QED) is 0.835. The molecule has 2 fully saturated rings. The molecule has 4 heteroatoms. The molecular weight excluding hydrogens is 230 g/mol. The third-order valence-corrected chi connectivity index (χ3v) is 4.58. The summed E-state index contributed by atoms with van der Waals surface area (Å²) >= 11 is 0. The Bertz CT molecular complexity index is 338. The van der Waals surface area contributed by atoms with Crippen LogP contribution in [0.5, 0.6) is 0 Å². The normalized spacial score (nSPS) is 30.0. The van der Waals surface area contributed by atoms with E-state index in [2.05, 4.69) is 6.92 Å². The van der Waals surface area contributed by atoms with Gasteiger partial charge >= 0.3 is 5.97 Å². The van der Waals surface area contributed by atoms with Crippen LogP contribution < -0.4 is 0 Å². The number of hydrogen-bond donors (Lipinski definition) is 1. The van der Waals surface area contributed by atoms with Crippen LogP contribution in [0, 0.1) is 17.8 Å². The van der Waals surface area contributed by atoms with Gasteiger partial charge in [0, 0.05) is 12.5 Å². The molecule has 1 aliphatic carbocycles. The summed E-state index contributed by atoms with van der Waals surface area (Å²) in [5.41, 5.74) is 0. The van der Waals surface area contributed by atoms with Crippen LogP contribution in [-0.4, -0.2) is 34.5 Å². The first-order valence-corrected chi connectivity index (χ1v) is 7.07. The third-order valence-electron chi connectivity index (χ3n) is 4.58. The van der Waals surface area contributed by atoms with E-state index < -0.39 is 12.0 Å². The minimum absolute atomic E-state index is 0.00465. The number of aliphatic carboxylic acids is 1. The summed E-state index contributed by atoms with van der Waals surface area (Å²) in [7, 11) is 0. The largest absolute Gasteiger partial charge is 0.480 e. The average molecular weight is 253 g/mol. The molecule has 102 valence electrons. The SMILES string of the molecule is CCC1CCN(C(=O)C(C)C2CC2)C(C(=O)O)C1. The van der Waals surface area contributed by atoms with E-state index >= 15 is 0 Å². The second kappa shape index (κ2) is 5.29. The van der Waals surface area contributed by atoms with Crippen molar-refractivity contribution in [1.29, 1.82) is 0 Å². The lowest BCUT2D eigenvalue weighted by atomic mass is 9.88. The van der Waals surface area contributed by atoms with Crippen LogP contribution in [0.25, 0.3) is 0 Å². The average Bonchev–Trinajstić information content (AvgIpc) is 3.20. The van der Waals surface area contributed by atoms with Crippen LogP contribution in [0.1, 0.15) is 46.0 Å². The lowest BCUT2D eigenvalue weighted by Crippen LogP contribution is -2.51. The lowest BCUT2D eigenvalue weighted by molar-refractivity contribution is -0.155. The minimum atomic E-state index is -0.843. The zero-order valence-corrected chi connectivity index (χ0v) is 11.3. The monoisotopic (exact) mass is 253 g/mol. The van der Waals surface area contributed by atoms with Gasteiger partial charge in [-0.2, -0.15) is 0 Å². The zero-order chi connectivity index (χ0) is 13.3. The summed E-state index contributed by atoms with van der Waals surface area (Å²) in [4.78, 5) is 25.3. The van der Waals surface area contributed by atoms with Crippen molar-refractivity contribution in [2.75, 3.05) is 6.54 Å². The maximum atomic E-state index is 12.4. The molecule has 1 saturated heterocycles. The van der Waals surface area contributed by atoms with Crippen molar-refractivity contribution in [1.82, 2.24) is 4.90 Å². The Labute approximate surface area is 108 Å². The van der Waals surface area contributed by atoms with E-state index in [-0.39, 0.29) is 11.8 Å². The number of carboxylic acid groups (broad SMARTS) is 1. The number of likely N-dealkylation sites (tertiary alicyclic amines) is 1. The van der Waals surface area contributed by atoms with Gasteiger partial charge in [-0.3, -0.25) is 4.79 Å². The Kier molecular flexibility index (Phi) is 3.93. The van der Waals surface area contributed by atoms with Gasteiger partial charge < -0.3 is 10.0 Å². The maximum absolute atomic E-state index is 12.4. The fraction of sp³-hybridized carbons (Fsp3) is 0.857. The van der Waals surface area contributed by atoms with Crippen molar-refractivity contribution in [3.8, 4) is 0 Å². The molecule has 0 aromatic heterocycles. The molecule has 4 nitrogen and oxygen atoms in total. The van der Waals surface area contributed by atoms with Crippen molar-refractivity contribution in [3.63, 3.8) is 0 Å². The van der Waals surface area contributed by atoms with E-state index in [9.17, 15) is 14.7 Å². The Morgan fingerprint density at radius 1 is 1.33 bits per heavy atom. The molecule has 1 saturated carbocycles. The molecule has 18 heavy (non-hydrogen) atoms. The first kappa shape index (κ1) is 13.4. The Hall–Kier alpha value is -1.06. The molecule has 0 spiro atoms. The predicted molar refractivity (Wildman–Crippen MR) is 68.0 cm³/mol. The van der Waals surface area contributed by atoms with Gasteiger partial charge in [-0.1, -0.05) is 20.3 Å². The molecule has 1 heterocycles. The minimum Gasteiger partial charge on any atom is -0.480 e. The Balaban J connectivity index is 2.05. The van der Waals surface area contributed by atoms with E-state index in [0.717, 1.165) is 25.7 Å². The maximum Gasteiger partial charge on any atom is 0.326 e. The van der Waals surface area contributed by atoms with Crippen molar-refractivity contribution in [2.24, 2.45) is 17.8 Å². The van der Waals surface area contributed by atoms with Gasteiger partial charge in [0.05, 0.1) is 0 Å². The van der Waals surface area contributed by atoms with Gasteiger partial charge in [0.1, 0.15) is 6.04 Å². The smallest absolute Gasteiger partial charge is 0.326 e. The van der Waals surface area contributed by atoms with E-state index in [1.165, 1.54) is 0 Å². The summed E-state index contributed by atoms with van der Waals surface area (Å²) in [6.07, 6.45) is 4.81. The molecule has 0 radical (unpaired) electrons. The van der Waals surface area contributed by atoms with Crippen LogP contribution in [0.4, 0.5) is 0 Å². The van der Waals surface area contributed by atoms with Gasteiger partial charge in [-0.15, -0.1) is 0 Å². The number of rotatable bonds is 4. The zero-order valence-electron chi connectivity index (χ0n) is 11.3. The second-order valence-corrected chi connectivity index (χ2v) is 5.81. The van der Waals surface area contributed by atoms with E-state index in [4.69, 9.17) is 0 Å². The molecule has 3 unspecified atom stereocenters. The van der Waals surface area contributed by atoms with Crippen LogP contribution in [-0.2, 0) is 9.59 Å². The van der Waals surface area contributed by atoms with Crippen LogP contribution in [0.2, 0.25) is 0 Å². The fourth-order valence-electron chi connectivity index (χ4n) is 2.97. The number of piperidine rings is 1. The number of carbonyl (C=O) groups is 2. The third kappa shape index (κ3) is 2.68. The van der Waals surface area contributed by atoms with Gasteiger partial charge in [0.15, 0.2) is 0 Å². The standard InChI is InChI=1S/C14H23NO3/c1-3-10-6-7-15(12(8-10)14(17)18)13(16)9(2)11-4-5-11/h9-12H,3-8H2,1-2H3,(H,17,18). The number of amides is 1. The van der Waals surface area contributed by atoms with Crippen molar-refractivity contribution in [2.45, 2.75) is 52.0 Å². The molecule has 0 bridgehead atoms. The summed E-state index contributed by atoms with van der Waals surface area (Å²) in [6.45, 7) is 4.66. The van der Waals surface area contributed by atoms with Gasteiger partial charge in [0.2, 0.25) is 5.91 Å². The number of carbonyl (C=O) groups excluding carboxylic acids is 1. The fourth-order valence-corrected chi connectivity index (χ4v) is 2.97. The number of carboxylic acids is 1. The summed E-state index contributed by atoms with van der Waals surface area (Å²) in [6, 6.07) is -0.600. The number of hydrogen-bond acceptors (Lipinski definition) is 2. The van der Waals surface area contributed by atoms with E-state index in [1.807, 2.05) is 6.92 Å². The predicted octanol–water partition coefficient (Wildman–Crippen LogP) is 2.13. The first-order valence-electron chi connectivity index (χ1n) is 7.07. The highest BCUT2D eigenvalue weighted by molar-refractivity contribution is 5.85. The van der Waals surface area contributed by atoms with Gasteiger partial charge in [0.25, 0.3) is 0 Å². The summed E-state index contributed by atoms with van der Waals surface area (Å²) < 4.78 is 0. The van der Waals surface area contributed by atoms with Crippen LogP contribution in [0.15, 0.2) is 0 Å². The molecule has 3 atom stereocenters. The molecule has 0 aromatic carbocycles. The molecule has 1 N–H and O–H groups in total. The second-order valence-electron chi connectivity index (χ2n) is 5.81. The Morgan fingerprint density at radius 3 is 2.50 bits per heavy atom. The number of nitrogens with zero attached hydrogens (tertiary/aromatic N) is 1. The van der Waals surface area contributed by atoms with Crippen LogP contribution >= 0.6 is 0 Å². The van der Waals surface area contributed by atoms with Crippen LogP contribution in [0.3, 0.4) is 0 Å². The topological polar surface area (TPSA) is 57.6 Å². The van der Waals surface area contributed by atoms with Crippen molar-refractivity contribution >= 4 is 11.9 Å². The highest BCUT2D eigenvalue weighted by Gasteiger charge is 2.41. The Morgan fingerprint density at radius 2 is 2.00 bits per heavy atom. The van der Waals surface area contributed by atoms with Gasteiger partial charge in [-0.05, 0) is 37.5 Å². The lowest BCUT2D eigenvalue weighted by Gasteiger charge is -2.38. The molecule has 2 aliphatic rings. The first-order chi connectivity index (χ1) is 8.54. The van der Waals surface area contributed by atoms with E-state index in [0.29, 0.717) is 24.8 Å². The molecule has 1 aliphatic heterocycles. The van der Waals surface area contributed by atoms with Crippen molar-refractivity contribution in [3.05, 3.63) is 0 Å². The molecule has 0 aromatic rings.